The Hall–Kier alpha value is -1.75. The molecule has 20 heavy (non-hydrogen) atoms. The number of carbonyl (C=O) groups excluding carboxylic acids is 1. The summed E-state index contributed by atoms with van der Waals surface area (Å²) in [4.78, 5) is 18.3. The standard InChI is InChI=1S/C15H19N3OS/c1-12(20-15-16-9-10-17(15)2)14(19)18(3)11-13-7-5-4-6-8-13/h4-10,12H,11H2,1-3H3. The van der Waals surface area contributed by atoms with Crippen LogP contribution < -0.4 is 0 Å². The van der Waals surface area contributed by atoms with E-state index in [4.69, 9.17) is 0 Å². The molecule has 1 amide bonds. The molecule has 106 valence electrons. The van der Waals surface area contributed by atoms with Crippen molar-refractivity contribution in [3.8, 4) is 0 Å². The molecule has 0 bridgehead atoms. The van der Waals surface area contributed by atoms with Gasteiger partial charge in [-0.2, -0.15) is 0 Å². The van der Waals surface area contributed by atoms with Crippen molar-refractivity contribution in [2.75, 3.05) is 7.05 Å². The van der Waals surface area contributed by atoms with Gasteiger partial charge in [0.1, 0.15) is 0 Å². The third-order valence-electron chi connectivity index (χ3n) is 3.05. The van der Waals surface area contributed by atoms with E-state index >= 15 is 0 Å². The van der Waals surface area contributed by atoms with Crippen molar-refractivity contribution < 1.29 is 4.79 Å². The number of nitrogens with zero attached hydrogens (tertiary/aromatic N) is 3. The van der Waals surface area contributed by atoms with E-state index in [1.165, 1.54) is 11.8 Å². The summed E-state index contributed by atoms with van der Waals surface area (Å²) in [5.41, 5.74) is 1.14. The first-order valence-corrected chi connectivity index (χ1v) is 7.39. The molecule has 5 heteroatoms. The van der Waals surface area contributed by atoms with Gasteiger partial charge in [0.05, 0.1) is 5.25 Å². The quantitative estimate of drug-likeness (QED) is 0.794. The molecule has 2 aromatic rings. The predicted octanol–water partition coefficient (Wildman–Crippen LogP) is 2.56. The molecule has 0 N–H and O–H groups in total. The highest BCUT2D eigenvalue weighted by atomic mass is 32.2. The summed E-state index contributed by atoms with van der Waals surface area (Å²) >= 11 is 1.48. The van der Waals surface area contributed by atoms with Gasteiger partial charge >= 0.3 is 0 Å². The predicted molar refractivity (Wildman–Crippen MR) is 81.4 cm³/mol. The molecule has 1 atom stereocenters. The van der Waals surface area contributed by atoms with E-state index in [9.17, 15) is 4.79 Å². The third kappa shape index (κ3) is 3.63. The molecule has 1 aromatic heterocycles. The van der Waals surface area contributed by atoms with E-state index in [-0.39, 0.29) is 11.2 Å². The fraction of sp³-hybridized carbons (Fsp3) is 0.333. The number of thioether (sulfide) groups is 1. The molecule has 0 saturated heterocycles. The number of rotatable bonds is 5. The van der Waals surface area contributed by atoms with E-state index < -0.39 is 0 Å². The minimum Gasteiger partial charge on any atom is -0.340 e. The van der Waals surface area contributed by atoms with Gasteiger partial charge in [-0.05, 0) is 12.5 Å². The number of carbonyl (C=O) groups is 1. The van der Waals surface area contributed by atoms with Crippen LogP contribution in [0.2, 0.25) is 0 Å². The number of hydrogen-bond donors (Lipinski definition) is 0. The average Bonchev–Trinajstić information content (AvgIpc) is 2.84. The van der Waals surface area contributed by atoms with Gasteiger partial charge in [-0.25, -0.2) is 4.98 Å². The van der Waals surface area contributed by atoms with E-state index in [1.54, 1.807) is 11.1 Å². The molecule has 0 radical (unpaired) electrons. The normalized spacial score (nSPS) is 12.2. The highest BCUT2D eigenvalue weighted by Gasteiger charge is 2.20. The van der Waals surface area contributed by atoms with Gasteiger partial charge in [-0.1, -0.05) is 42.1 Å². The second-order valence-corrected chi connectivity index (χ2v) is 6.07. The zero-order chi connectivity index (χ0) is 14.5. The molecular weight excluding hydrogens is 270 g/mol. The maximum Gasteiger partial charge on any atom is 0.235 e. The average molecular weight is 289 g/mol. The Morgan fingerprint density at radius 3 is 2.70 bits per heavy atom. The van der Waals surface area contributed by atoms with Gasteiger partial charge in [0, 0.05) is 33.0 Å². The Labute approximate surface area is 123 Å². The summed E-state index contributed by atoms with van der Waals surface area (Å²) in [6.07, 6.45) is 3.63. The van der Waals surface area contributed by atoms with Crippen LogP contribution in [0.25, 0.3) is 0 Å². The molecular formula is C15H19N3OS. The van der Waals surface area contributed by atoms with Crippen LogP contribution in [-0.4, -0.2) is 32.7 Å². The van der Waals surface area contributed by atoms with E-state index in [0.717, 1.165) is 10.7 Å². The molecule has 0 spiro atoms. The Kier molecular flexibility index (Phi) is 4.84. The Balaban J connectivity index is 1.94. The van der Waals surface area contributed by atoms with Crippen molar-refractivity contribution in [2.45, 2.75) is 23.9 Å². The number of amides is 1. The fourth-order valence-corrected chi connectivity index (χ4v) is 2.87. The lowest BCUT2D eigenvalue weighted by atomic mass is 10.2. The summed E-state index contributed by atoms with van der Waals surface area (Å²) in [6.45, 7) is 2.55. The van der Waals surface area contributed by atoms with Crippen molar-refractivity contribution in [3.05, 3.63) is 48.3 Å². The SMILES string of the molecule is CC(Sc1nccn1C)C(=O)N(C)Cc1ccccc1. The molecule has 2 rings (SSSR count). The first-order chi connectivity index (χ1) is 9.58. The minimum atomic E-state index is -0.148. The minimum absolute atomic E-state index is 0.113. The Morgan fingerprint density at radius 2 is 2.10 bits per heavy atom. The molecule has 0 aliphatic heterocycles. The van der Waals surface area contributed by atoms with Crippen molar-refractivity contribution >= 4 is 17.7 Å². The summed E-state index contributed by atoms with van der Waals surface area (Å²) in [5.74, 6) is 0.113. The summed E-state index contributed by atoms with van der Waals surface area (Å²) in [7, 11) is 3.77. The Morgan fingerprint density at radius 1 is 1.40 bits per heavy atom. The topological polar surface area (TPSA) is 38.1 Å². The van der Waals surface area contributed by atoms with E-state index in [1.807, 2.05) is 62.1 Å². The number of benzene rings is 1. The lowest BCUT2D eigenvalue weighted by molar-refractivity contribution is -0.129. The summed E-state index contributed by atoms with van der Waals surface area (Å²) < 4.78 is 1.92. The molecule has 0 saturated carbocycles. The smallest absolute Gasteiger partial charge is 0.235 e. The van der Waals surface area contributed by atoms with Gasteiger partial charge in [0.25, 0.3) is 0 Å². The highest BCUT2D eigenvalue weighted by molar-refractivity contribution is 8.00. The number of aryl methyl sites for hydroxylation is 1. The number of aromatic nitrogens is 2. The molecule has 4 nitrogen and oxygen atoms in total. The maximum atomic E-state index is 12.4. The van der Waals surface area contributed by atoms with E-state index in [0.29, 0.717) is 6.54 Å². The largest absolute Gasteiger partial charge is 0.340 e. The van der Waals surface area contributed by atoms with Crippen molar-refractivity contribution in [3.63, 3.8) is 0 Å². The molecule has 0 fully saturated rings. The van der Waals surface area contributed by atoms with Crippen LogP contribution in [0.3, 0.4) is 0 Å². The molecule has 0 aliphatic carbocycles. The van der Waals surface area contributed by atoms with Crippen LogP contribution in [0.5, 0.6) is 0 Å². The third-order valence-corrected chi connectivity index (χ3v) is 4.21. The molecule has 1 aromatic carbocycles. The van der Waals surface area contributed by atoms with Gasteiger partial charge in [-0.3, -0.25) is 4.79 Å². The Bertz CT molecular complexity index is 568. The van der Waals surface area contributed by atoms with Crippen LogP contribution in [-0.2, 0) is 18.4 Å². The second-order valence-electron chi connectivity index (χ2n) is 4.76. The fourth-order valence-electron chi connectivity index (χ4n) is 1.92. The number of hydrogen-bond acceptors (Lipinski definition) is 3. The van der Waals surface area contributed by atoms with Crippen molar-refractivity contribution in [1.29, 1.82) is 0 Å². The molecule has 0 aliphatic rings. The molecule has 1 heterocycles. The summed E-state index contributed by atoms with van der Waals surface area (Å²) in [6, 6.07) is 10.0. The second kappa shape index (κ2) is 6.61. The van der Waals surface area contributed by atoms with Gasteiger partial charge < -0.3 is 9.47 Å². The monoisotopic (exact) mass is 289 g/mol. The zero-order valence-electron chi connectivity index (χ0n) is 12.0. The van der Waals surface area contributed by atoms with Gasteiger partial charge in [0.2, 0.25) is 5.91 Å². The van der Waals surface area contributed by atoms with Gasteiger partial charge in [-0.15, -0.1) is 0 Å². The van der Waals surface area contributed by atoms with E-state index in [2.05, 4.69) is 4.98 Å². The van der Waals surface area contributed by atoms with Crippen LogP contribution >= 0.6 is 11.8 Å². The van der Waals surface area contributed by atoms with Crippen LogP contribution in [0.15, 0.2) is 47.9 Å². The molecule has 1 unspecified atom stereocenters. The van der Waals surface area contributed by atoms with Crippen molar-refractivity contribution in [2.24, 2.45) is 7.05 Å². The van der Waals surface area contributed by atoms with Gasteiger partial charge in [0.15, 0.2) is 5.16 Å². The van der Waals surface area contributed by atoms with Crippen molar-refractivity contribution in [1.82, 2.24) is 14.5 Å². The lowest BCUT2D eigenvalue weighted by Gasteiger charge is -2.21. The number of imidazole rings is 1. The van der Waals surface area contributed by atoms with Crippen LogP contribution in [0, 0.1) is 0 Å². The van der Waals surface area contributed by atoms with Crippen LogP contribution in [0.1, 0.15) is 12.5 Å². The maximum absolute atomic E-state index is 12.4. The van der Waals surface area contributed by atoms with Crippen LogP contribution in [0.4, 0.5) is 0 Å². The first-order valence-electron chi connectivity index (χ1n) is 6.51. The summed E-state index contributed by atoms with van der Waals surface area (Å²) in [5, 5.41) is 0.712. The lowest BCUT2D eigenvalue weighted by Crippen LogP contribution is -2.32. The first kappa shape index (κ1) is 14.7. The zero-order valence-corrected chi connectivity index (χ0v) is 12.8. The highest BCUT2D eigenvalue weighted by Crippen LogP contribution is 2.22.